The average molecular weight is 177 g/mol. The zero-order valence-corrected chi connectivity index (χ0v) is 7.48. The van der Waals surface area contributed by atoms with Gasteiger partial charge in [-0.3, -0.25) is 4.68 Å². The van der Waals surface area contributed by atoms with Gasteiger partial charge in [-0.15, -0.1) is 0 Å². The van der Waals surface area contributed by atoms with E-state index in [-0.39, 0.29) is 10.7 Å². The molecule has 0 saturated carbocycles. The van der Waals surface area contributed by atoms with Crippen molar-refractivity contribution in [2.45, 2.75) is 26.3 Å². The van der Waals surface area contributed by atoms with E-state index in [2.05, 4.69) is 5.10 Å². The van der Waals surface area contributed by atoms with Gasteiger partial charge in [-0.25, -0.2) is 4.39 Å². The van der Waals surface area contributed by atoms with E-state index in [1.165, 1.54) is 10.9 Å². The first-order chi connectivity index (χ1) is 4.91. The van der Waals surface area contributed by atoms with Gasteiger partial charge in [0, 0.05) is 0 Å². The van der Waals surface area contributed by atoms with Crippen molar-refractivity contribution in [1.82, 2.24) is 9.78 Å². The highest BCUT2D eigenvalue weighted by Gasteiger charge is 2.16. The summed E-state index contributed by atoms with van der Waals surface area (Å²) in [5.74, 6) is -0.471. The lowest BCUT2D eigenvalue weighted by Gasteiger charge is -2.18. The molecule has 0 saturated heterocycles. The highest BCUT2D eigenvalue weighted by molar-refractivity contribution is 6.29. The summed E-state index contributed by atoms with van der Waals surface area (Å²) in [5.41, 5.74) is -0.214. The Bertz CT molecular complexity index is 242. The SMILES string of the molecule is CC(C)(C)n1cc(F)c(Cl)n1. The second kappa shape index (κ2) is 2.48. The van der Waals surface area contributed by atoms with Gasteiger partial charge in [0.2, 0.25) is 0 Å². The lowest BCUT2D eigenvalue weighted by Crippen LogP contribution is -2.22. The standard InChI is InChI=1S/C7H10ClFN2/c1-7(2,3)11-4-5(9)6(8)10-11/h4H,1-3H3. The number of nitrogens with zero attached hydrogens (tertiary/aromatic N) is 2. The molecule has 0 atom stereocenters. The minimum atomic E-state index is -0.471. The van der Waals surface area contributed by atoms with E-state index < -0.39 is 5.82 Å². The molecular weight excluding hydrogens is 167 g/mol. The summed E-state index contributed by atoms with van der Waals surface area (Å²) in [5, 5.41) is 3.72. The molecule has 0 bridgehead atoms. The first-order valence-electron chi connectivity index (χ1n) is 3.32. The number of rotatable bonds is 0. The van der Waals surface area contributed by atoms with Gasteiger partial charge in [-0.05, 0) is 20.8 Å². The molecule has 0 amide bonds. The molecule has 0 fully saturated rings. The molecule has 1 aromatic rings. The first-order valence-corrected chi connectivity index (χ1v) is 3.70. The van der Waals surface area contributed by atoms with E-state index in [1.807, 2.05) is 20.8 Å². The van der Waals surface area contributed by atoms with Gasteiger partial charge in [0.05, 0.1) is 11.7 Å². The summed E-state index contributed by atoms with van der Waals surface area (Å²) < 4.78 is 14.2. The van der Waals surface area contributed by atoms with Gasteiger partial charge in [0.25, 0.3) is 0 Å². The van der Waals surface area contributed by atoms with Crippen molar-refractivity contribution in [3.8, 4) is 0 Å². The van der Waals surface area contributed by atoms with Crippen molar-refractivity contribution in [3.63, 3.8) is 0 Å². The van der Waals surface area contributed by atoms with Gasteiger partial charge in [-0.2, -0.15) is 5.10 Å². The molecule has 0 aliphatic heterocycles. The molecule has 1 heterocycles. The monoisotopic (exact) mass is 176 g/mol. The van der Waals surface area contributed by atoms with Crippen LogP contribution in [-0.2, 0) is 5.54 Å². The normalized spacial score (nSPS) is 12.1. The fourth-order valence-electron chi connectivity index (χ4n) is 0.675. The Labute approximate surface area is 70.0 Å². The minimum Gasteiger partial charge on any atom is -0.263 e. The molecule has 0 aliphatic rings. The maximum atomic E-state index is 12.7. The molecular formula is C7H10ClFN2. The lowest BCUT2D eigenvalue weighted by atomic mass is 10.1. The van der Waals surface area contributed by atoms with Crippen LogP contribution >= 0.6 is 11.6 Å². The van der Waals surface area contributed by atoms with Crippen LogP contribution in [0.5, 0.6) is 0 Å². The van der Waals surface area contributed by atoms with Crippen LogP contribution in [0.2, 0.25) is 5.15 Å². The van der Waals surface area contributed by atoms with Crippen LogP contribution in [0.3, 0.4) is 0 Å². The largest absolute Gasteiger partial charge is 0.263 e. The molecule has 62 valence electrons. The summed E-state index contributed by atoms with van der Waals surface area (Å²) >= 11 is 5.43. The van der Waals surface area contributed by atoms with Gasteiger partial charge >= 0.3 is 0 Å². The number of hydrogen-bond acceptors (Lipinski definition) is 1. The van der Waals surface area contributed by atoms with Gasteiger partial charge in [0.1, 0.15) is 0 Å². The van der Waals surface area contributed by atoms with Crippen molar-refractivity contribution in [1.29, 1.82) is 0 Å². The van der Waals surface area contributed by atoms with E-state index in [0.29, 0.717) is 0 Å². The van der Waals surface area contributed by atoms with Crippen LogP contribution < -0.4 is 0 Å². The van der Waals surface area contributed by atoms with Crippen molar-refractivity contribution < 1.29 is 4.39 Å². The molecule has 0 aliphatic carbocycles. The molecule has 11 heavy (non-hydrogen) atoms. The third kappa shape index (κ3) is 1.71. The number of hydrogen-bond donors (Lipinski definition) is 0. The molecule has 0 unspecified atom stereocenters. The second-order valence-corrected chi connectivity index (χ2v) is 3.74. The van der Waals surface area contributed by atoms with E-state index in [1.54, 1.807) is 0 Å². The van der Waals surface area contributed by atoms with Crippen molar-refractivity contribution in [2.75, 3.05) is 0 Å². The fraction of sp³-hybridized carbons (Fsp3) is 0.571. The topological polar surface area (TPSA) is 17.8 Å². The zero-order chi connectivity index (χ0) is 8.65. The molecule has 1 aromatic heterocycles. The Morgan fingerprint density at radius 3 is 2.27 bits per heavy atom. The Balaban J connectivity index is 3.08. The van der Waals surface area contributed by atoms with E-state index in [0.717, 1.165) is 0 Å². The first kappa shape index (κ1) is 8.53. The van der Waals surface area contributed by atoms with Gasteiger partial charge < -0.3 is 0 Å². The number of halogens is 2. The summed E-state index contributed by atoms with van der Waals surface area (Å²) in [6.07, 6.45) is 1.29. The Kier molecular flexibility index (Phi) is 1.92. The van der Waals surface area contributed by atoms with E-state index >= 15 is 0 Å². The molecule has 2 nitrogen and oxygen atoms in total. The molecule has 0 aromatic carbocycles. The summed E-state index contributed by atoms with van der Waals surface area (Å²) in [6.45, 7) is 5.78. The summed E-state index contributed by atoms with van der Waals surface area (Å²) in [4.78, 5) is 0. The lowest BCUT2D eigenvalue weighted by molar-refractivity contribution is 0.354. The second-order valence-electron chi connectivity index (χ2n) is 3.38. The Hall–Kier alpha value is -0.570. The maximum absolute atomic E-state index is 12.7. The van der Waals surface area contributed by atoms with Crippen LogP contribution in [0.15, 0.2) is 6.20 Å². The molecule has 0 spiro atoms. The minimum absolute atomic E-state index is 0.0695. The van der Waals surface area contributed by atoms with Crippen LogP contribution in [0.1, 0.15) is 20.8 Å². The zero-order valence-electron chi connectivity index (χ0n) is 6.73. The van der Waals surface area contributed by atoms with Gasteiger partial charge in [-0.1, -0.05) is 11.6 Å². The van der Waals surface area contributed by atoms with E-state index in [4.69, 9.17) is 11.6 Å². The molecule has 1 rings (SSSR count). The predicted molar refractivity (Wildman–Crippen MR) is 42.2 cm³/mol. The van der Waals surface area contributed by atoms with Crippen molar-refractivity contribution in [2.24, 2.45) is 0 Å². The molecule has 4 heteroatoms. The fourth-order valence-corrected chi connectivity index (χ4v) is 0.806. The highest BCUT2D eigenvalue weighted by Crippen LogP contribution is 2.17. The predicted octanol–water partition coefficient (Wildman–Crippen LogP) is 2.43. The van der Waals surface area contributed by atoms with Crippen LogP contribution in [-0.4, -0.2) is 9.78 Å². The maximum Gasteiger partial charge on any atom is 0.186 e. The third-order valence-corrected chi connectivity index (χ3v) is 1.57. The smallest absolute Gasteiger partial charge is 0.186 e. The summed E-state index contributed by atoms with van der Waals surface area (Å²) in [6, 6.07) is 0. The quantitative estimate of drug-likeness (QED) is 0.594. The van der Waals surface area contributed by atoms with Gasteiger partial charge in [0.15, 0.2) is 11.0 Å². The van der Waals surface area contributed by atoms with Crippen LogP contribution in [0.4, 0.5) is 4.39 Å². The molecule has 0 N–H and O–H groups in total. The van der Waals surface area contributed by atoms with E-state index in [9.17, 15) is 4.39 Å². The molecule has 0 radical (unpaired) electrons. The third-order valence-electron chi connectivity index (χ3n) is 1.32. The summed E-state index contributed by atoms with van der Waals surface area (Å²) in [7, 11) is 0. The highest BCUT2D eigenvalue weighted by atomic mass is 35.5. The Morgan fingerprint density at radius 1 is 1.55 bits per heavy atom. The van der Waals surface area contributed by atoms with Crippen molar-refractivity contribution >= 4 is 11.6 Å². The Morgan fingerprint density at radius 2 is 2.09 bits per heavy atom. The number of aromatic nitrogens is 2. The average Bonchev–Trinajstić information content (AvgIpc) is 2.11. The van der Waals surface area contributed by atoms with Crippen LogP contribution in [0.25, 0.3) is 0 Å². The van der Waals surface area contributed by atoms with Crippen molar-refractivity contribution in [3.05, 3.63) is 17.2 Å². The van der Waals surface area contributed by atoms with Crippen LogP contribution in [0, 0.1) is 5.82 Å².